The number of nitrogens with zero attached hydrogens (tertiary/aromatic N) is 5. The largest absolute Gasteiger partial charge is 0.382 e. The standard InChI is InChI=1S/C23H25N7.HI/c1-26-23(29-15-13-17-8-5-6-12-21(17)29)27-14-7-11-20-19(16-24)22(25)30(28-20)18-9-3-2-4-10-18;/h2-6,8-10,12H,7,11,13-15,25H2,1H3,(H,26,27);1H. The first-order chi connectivity index (χ1) is 14.7. The Morgan fingerprint density at radius 3 is 2.68 bits per heavy atom. The van der Waals surface area contributed by atoms with Crippen LogP contribution in [0.2, 0.25) is 0 Å². The number of nitrogens with one attached hydrogen (secondary N) is 1. The molecule has 0 bridgehead atoms. The lowest BCUT2D eigenvalue weighted by atomic mass is 10.1. The first-order valence-electron chi connectivity index (χ1n) is 10.1. The summed E-state index contributed by atoms with van der Waals surface area (Å²) in [6.45, 7) is 1.66. The maximum Gasteiger partial charge on any atom is 0.198 e. The van der Waals surface area contributed by atoms with Crippen LogP contribution in [0.25, 0.3) is 5.69 Å². The van der Waals surface area contributed by atoms with Gasteiger partial charge >= 0.3 is 0 Å². The maximum absolute atomic E-state index is 9.55. The third-order valence-corrected chi connectivity index (χ3v) is 5.33. The monoisotopic (exact) mass is 527 g/mol. The minimum Gasteiger partial charge on any atom is -0.382 e. The van der Waals surface area contributed by atoms with E-state index in [1.54, 1.807) is 11.7 Å². The molecular formula is C23H26IN7. The van der Waals surface area contributed by atoms with Gasteiger partial charge in [0.05, 0.1) is 11.4 Å². The maximum atomic E-state index is 9.55. The lowest BCUT2D eigenvalue weighted by Crippen LogP contribution is -2.41. The number of halogens is 1. The van der Waals surface area contributed by atoms with Gasteiger partial charge in [-0.2, -0.15) is 10.4 Å². The van der Waals surface area contributed by atoms with E-state index in [1.807, 2.05) is 30.3 Å². The van der Waals surface area contributed by atoms with Gasteiger partial charge in [-0.15, -0.1) is 24.0 Å². The lowest BCUT2D eigenvalue weighted by molar-refractivity contribution is 0.734. The third-order valence-electron chi connectivity index (χ3n) is 5.33. The van der Waals surface area contributed by atoms with Crippen molar-refractivity contribution in [3.63, 3.8) is 0 Å². The number of fused-ring (bicyclic) bond motifs is 1. The quantitative estimate of drug-likeness (QED) is 0.229. The van der Waals surface area contributed by atoms with Crippen LogP contribution in [-0.4, -0.2) is 35.9 Å². The average Bonchev–Trinajstić information content (AvgIpc) is 3.35. The van der Waals surface area contributed by atoms with Crippen LogP contribution in [-0.2, 0) is 12.8 Å². The number of aromatic nitrogens is 2. The number of nitrogen functional groups attached to an aromatic ring is 1. The van der Waals surface area contributed by atoms with Crippen LogP contribution >= 0.6 is 24.0 Å². The summed E-state index contributed by atoms with van der Waals surface area (Å²) in [6, 6.07) is 20.3. The highest BCUT2D eigenvalue weighted by Gasteiger charge is 2.22. The topological polar surface area (TPSA) is 95.3 Å². The van der Waals surface area contributed by atoms with Crippen molar-refractivity contribution in [2.24, 2.45) is 4.99 Å². The Kier molecular flexibility index (Phi) is 7.52. The van der Waals surface area contributed by atoms with Gasteiger partial charge in [0.1, 0.15) is 17.5 Å². The number of hydrogen-bond acceptors (Lipinski definition) is 4. The van der Waals surface area contributed by atoms with E-state index >= 15 is 0 Å². The number of nitrogens with two attached hydrogens (primary N) is 1. The van der Waals surface area contributed by atoms with Crippen LogP contribution in [0.3, 0.4) is 0 Å². The Bertz CT molecular complexity index is 1100. The van der Waals surface area contributed by atoms with Crippen LogP contribution < -0.4 is 16.0 Å². The fourth-order valence-electron chi connectivity index (χ4n) is 3.85. The van der Waals surface area contributed by atoms with Gasteiger partial charge < -0.3 is 16.0 Å². The smallest absolute Gasteiger partial charge is 0.198 e. The molecule has 2 aromatic carbocycles. The molecule has 0 spiro atoms. The number of aryl methyl sites for hydroxylation is 1. The fraction of sp³-hybridized carbons (Fsp3) is 0.261. The van der Waals surface area contributed by atoms with E-state index in [1.165, 1.54) is 11.3 Å². The molecule has 0 radical (unpaired) electrons. The summed E-state index contributed by atoms with van der Waals surface area (Å²) >= 11 is 0. The number of aliphatic imine (C=N–C) groups is 1. The molecule has 3 aromatic rings. The highest BCUT2D eigenvalue weighted by atomic mass is 127. The van der Waals surface area contributed by atoms with Crippen molar-refractivity contribution in [1.29, 1.82) is 5.26 Å². The number of guanidine groups is 1. The fourth-order valence-corrected chi connectivity index (χ4v) is 3.85. The molecule has 160 valence electrons. The number of nitriles is 1. The van der Waals surface area contributed by atoms with Crippen molar-refractivity contribution in [2.75, 3.05) is 30.8 Å². The number of hydrogen-bond donors (Lipinski definition) is 2. The number of anilines is 2. The molecule has 0 amide bonds. The van der Waals surface area contributed by atoms with Crippen LogP contribution in [0, 0.1) is 11.3 Å². The lowest BCUT2D eigenvalue weighted by Gasteiger charge is -2.22. The summed E-state index contributed by atoms with van der Waals surface area (Å²) in [5, 5.41) is 17.6. The molecule has 0 unspecified atom stereocenters. The van der Waals surface area contributed by atoms with E-state index in [-0.39, 0.29) is 24.0 Å². The molecule has 1 aromatic heterocycles. The van der Waals surface area contributed by atoms with Crippen LogP contribution in [0.4, 0.5) is 11.5 Å². The summed E-state index contributed by atoms with van der Waals surface area (Å²) in [7, 11) is 1.80. The molecule has 0 saturated carbocycles. The summed E-state index contributed by atoms with van der Waals surface area (Å²) in [5.74, 6) is 1.26. The minimum atomic E-state index is 0. The van der Waals surface area contributed by atoms with Gasteiger partial charge in [0.25, 0.3) is 0 Å². The van der Waals surface area contributed by atoms with Gasteiger partial charge in [-0.3, -0.25) is 4.99 Å². The molecule has 0 saturated heterocycles. The molecule has 0 fully saturated rings. The Morgan fingerprint density at radius 2 is 1.94 bits per heavy atom. The zero-order chi connectivity index (χ0) is 20.9. The second kappa shape index (κ2) is 10.3. The molecule has 8 heteroatoms. The Balaban J connectivity index is 0.00000272. The van der Waals surface area contributed by atoms with Crippen molar-refractivity contribution in [3.05, 3.63) is 71.4 Å². The van der Waals surface area contributed by atoms with E-state index in [9.17, 15) is 5.26 Å². The summed E-state index contributed by atoms with van der Waals surface area (Å²) in [5.41, 5.74) is 10.8. The predicted molar refractivity (Wildman–Crippen MR) is 135 cm³/mol. The van der Waals surface area contributed by atoms with E-state index in [2.05, 4.69) is 50.6 Å². The third kappa shape index (κ3) is 4.66. The molecule has 4 rings (SSSR count). The second-order valence-corrected chi connectivity index (χ2v) is 7.17. The van der Waals surface area contributed by atoms with Crippen LogP contribution in [0.1, 0.15) is 23.2 Å². The van der Waals surface area contributed by atoms with Gasteiger partial charge in [-0.25, -0.2) is 4.68 Å². The number of para-hydroxylation sites is 2. The normalized spacial score (nSPS) is 12.8. The Hall–Kier alpha value is -3.06. The molecule has 2 heterocycles. The SMILES string of the molecule is CN=C(NCCCc1nn(-c2ccccc2)c(N)c1C#N)N1CCc2ccccc21.I. The van der Waals surface area contributed by atoms with Crippen molar-refractivity contribution in [2.45, 2.75) is 19.3 Å². The highest BCUT2D eigenvalue weighted by molar-refractivity contribution is 14.0. The van der Waals surface area contributed by atoms with E-state index in [4.69, 9.17) is 5.73 Å². The molecule has 1 aliphatic heterocycles. The molecule has 31 heavy (non-hydrogen) atoms. The minimum absolute atomic E-state index is 0. The summed E-state index contributed by atoms with van der Waals surface area (Å²) in [4.78, 5) is 6.66. The van der Waals surface area contributed by atoms with E-state index in [0.29, 0.717) is 17.8 Å². The van der Waals surface area contributed by atoms with Gasteiger partial charge in [0, 0.05) is 25.8 Å². The van der Waals surface area contributed by atoms with Gasteiger partial charge in [-0.1, -0.05) is 36.4 Å². The van der Waals surface area contributed by atoms with Gasteiger partial charge in [0.2, 0.25) is 0 Å². The molecule has 7 nitrogen and oxygen atoms in total. The molecule has 0 aliphatic carbocycles. The molecular weight excluding hydrogens is 501 g/mol. The highest BCUT2D eigenvalue weighted by Crippen LogP contribution is 2.27. The zero-order valence-corrected chi connectivity index (χ0v) is 19.8. The molecule has 1 aliphatic rings. The van der Waals surface area contributed by atoms with Crippen LogP contribution in [0.15, 0.2) is 59.6 Å². The Labute approximate surface area is 199 Å². The first-order valence-corrected chi connectivity index (χ1v) is 10.1. The summed E-state index contributed by atoms with van der Waals surface area (Å²) < 4.78 is 1.64. The summed E-state index contributed by atoms with van der Waals surface area (Å²) in [6.07, 6.45) is 2.50. The van der Waals surface area contributed by atoms with E-state index in [0.717, 1.165) is 43.3 Å². The first kappa shape index (κ1) is 22.6. The van der Waals surface area contributed by atoms with E-state index < -0.39 is 0 Å². The number of benzene rings is 2. The van der Waals surface area contributed by atoms with Crippen molar-refractivity contribution in [3.8, 4) is 11.8 Å². The molecule has 0 atom stereocenters. The Morgan fingerprint density at radius 1 is 1.19 bits per heavy atom. The van der Waals surface area contributed by atoms with Gasteiger partial charge in [-0.05, 0) is 43.0 Å². The van der Waals surface area contributed by atoms with Crippen molar-refractivity contribution in [1.82, 2.24) is 15.1 Å². The van der Waals surface area contributed by atoms with Gasteiger partial charge in [0.15, 0.2) is 5.96 Å². The molecule has 3 N–H and O–H groups in total. The predicted octanol–water partition coefficient (Wildman–Crippen LogP) is 3.51. The second-order valence-electron chi connectivity index (χ2n) is 7.17. The number of rotatable bonds is 5. The average molecular weight is 527 g/mol. The van der Waals surface area contributed by atoms with Crippen molar-refractivity contribution >= 4 is 41.4 Å². The zero-order valence-electron chi connectivity index (χ0n) is 17.5. The van der Waals surface area contributed by atoms with Crippen molar-refractivity contribution < 1.29 is 0 Å². The van der Waals surface area contributed by atoms with Crippen LogP contribution in [0.5, 0.6) is 0 Å².